The molecule has 4 bridgehead atoms. The first-order valence-corrected chi connectivity index (χ1v) is 8.84. The van der Waals surface area contributed by atoms with E-state index in [2.05, 4.69) is 31.3 Å². The lowest BCUT2D eigenvalue weighted by atomic mass is 9.48. The fourth-order valence-electron chi connectivity index (χ4n) is 6.11. The highest BCUT2D eigenvalue weighted by atomic mass is 16.1. The second-order valence-electron chi connectivity index (χ2n) is 8.36. The monoisotopic (exact) mass is 297 g/mol. The molecule has 118 valence electrons. The van der Waals surface area contributed by atoms with Crippen molar-refractivity contribution in [2.45, 2.75) is 64.7 Å². The average Bonchev–Trinajstić information content (AvgIpc) is 2.41. The largest absolute Gasteiger partial charge is 0.326 e. The van der Waals surface area contributed by atoms with E-state index in [1.807, 2.05) is 0 Å². The van der Waals surface area contributed by atoms with Crippen molar-refractivity contribution in [3.05, 3.63) is 28.8 Å². The molecule has 0 atom stereocenters. The minimum absolute atomic E-state index is 0.0220. The van der Waals surface area contributed by atoms with E-state index in [1.54, 1.807) is 12.5 Å². The molecule has 0 aliphatic heterocycles. The van der Waals surface area contributed by atoms with E-state index < -0.39 is 0 Å². The molecular formula is C20H27NO. The summed E-state index contributed by atoms with van der Waals surface area (Å²) in [5.74, 6) is 2.94. The molecule has 22 heavy (non-hydrogen) atoms. The third-order valence-electron chi connectivity index (χ3n) is 6.48. The van der Waals surface area contributed by atoms with Gasteiger partial charge < -0.3 is 5.32 Å². The Hall–Kier alpha value is -1.31. The predicted molar refractivity (Wildman–Crippen MR) is 90.1 cm³/mol. The molecule has 5 rings (SSSR count). The number of nitrogens with one attached hydrogen (secondary N) is 1. The summed E-state index contributed by atoms with van der Waals surface area (Å²) in [7, 11) is 0. The quantitative estimate of drug-likeness (QED) is 0.840. The molecule has 1 aromatic carbocycles. The Balaban J connectivity index is 1.72. The van der Waals surface area contributed by atoms with Crippen molar-refractivity contribution in [3.8, 4) is 0 Å². The van der Waals surface area contributed by atoms with Gasteiger partial charge in [0.1, 0.15) is 0 Å². The lowest BCUT2D eigenvalue weighted by Crippen LogP contribution is -2.48. The summed E-state index contributed by atoms with van der Waals surface area (Å²) in [6.07, 6.45) is 8.66. The molecule has 1 aromatic rings. The summed E-state index contributed by atoms with van der Waals surface area (Å²) < 4.78 is 0. The van der Waals surface area contributed by atoms with Crippen LogP contribution < -0.4 is 5.32 Å². The van der Waals surface area contributed by atoms with Gasteiger partial charge in [-0.15, -0.1) is 0 Å². The Morgan fingerprint density at radius 1 is 1.00 bits per heavy atom. The van der Waals surface area contributed by atoms with E-state index in [-0.39, 0.29) is 5.91 Å². The number of rotatable bonds is 2. The van der Waals surface area contributed by atoms with Crippen LogP contribution in [-0.2, 0) is 10.2 Å². The zero-order valence-electron chi connectivity index (χ0n) is 14.0. The van der Waals surface area contributed by atoms with Crippen LogP contribution in [0.1, 0.15) is 62.1 Å². The molecule has 0 radical (unpaired) electrons. The second-order valence-corrected chi connectivity index (χ2v) is 8.36. The van der Waals surface area contributed by atoms with Crippen LogP contribution in [0.2, 0.25) is 0 Å². The Kier molecular flexibility index (Phi) is 3.15. The summed E-state index contributed by atoms with van der Waals surface area (Å²) in [5.41, 5.74) is 5.46. The molecular weight excluding hydrogens is 270 g/mol. The highest BCUT2D eigenvalue weighted by Gasteiger charge is 2.51. The SMILES string of the molecule is CC(=O)Nc1c(C)cc(C23CC4CC(CC(C4)C2)C3)cc1C. The second kappa shape index (κ2) is 4.84. The van der Waals surface area contributed by atoms with Gasteiger partial charge in [0.25, 0.3) is 0 Å². The maximum absolute atomic E-state index is 11.4. The Bertz CT molecular complexity index is 572. The Morgan fingerprint density at radius 3 is 1.86 bits per heavy atom. The summed E-state index contributed by atoms with van der Waals surface area (Å²) in [5, 5.41) is 3.00. The molecule has 0 aromatic heterocycles. The number of carbonyl (C=O) groups excluding carboxylic acids is 1. The first-order chi connectivity index (χ1) is 10.4. The molecule has 0 heterocycles. The summed E-state index contributed by atoms with van der Waals surface area (Å²) in [6.45, 7) is 5.87. The van der Waals surface area contributed by atoms with Crippen molar-refractivity contribution in [2.24, 2.45) is 17.8 Å². The van der Waals surface area contributed by atoms with Gasteiger partial charge in [0, 0.05) is 12.6 Å². The van der Waals surface area contributed by atoms with Gasteiger partial charge >= 0.3 is 0 Å². The third-order valence-corrected chi connectivity index (χ3v) is 6.48. The topological polar surface area (TPSA) is 29.1 Å². The maximum Gasteiger partial charge on any atom is 0.221 e. The van der Waals surface area contributed by atoms with E-state index in [1.165, 1.54) is 49.7 Å². The van der Waals surface area contributed by atoms with Gasteiger partial charge in [-0.2, -0.15) is 0 Å². The zero-order valence-corrected chi connectivity index (χ0v) is 14.0. The summed E-state index contributed by atoms with van der Waals surface area (Å²) in [6, 6.07) is 4.73. The summed E-state index contributed by atoms with van der Waals surface area (Å²) in [4.78, 5) is 11.4. The Morgan fingerprint density at radius 2 is 1.45 bits per heavy atom. The van der Waals surface area contributed by atoms with Crippen LogP contribution in [0.25, 0.3) is 0 Å². The van der Waals surface area contributed by atoms with Crippen LogP contribution in [-0.4, -0.2) is 5.91 Å². The number of aryl methyl sites for hydroxylation is 2. The van der Waals surface area contributed by atoms with Crippen LogP contribution >= 0.6 is 0 Å². The number of carbonyl (C=O) groups is 1. The molecule has 0 unspecified atom stereocenters. The fourth-order valence-corrected chi connectivity index (χ4v) is 6.11. The van der Waals surface area contributed by atoms with Crippen molar-refractivity contribution < 1.29 is 4.79 Å². The maximum atomic E-state index is 11.4. The van der Waals surface area contributed by atoms with E-state index in [0.717, 1.165) is 23.4 Å². The Labute approximate surface area is 133 Å². The summed E-state index contributed by atoms with van der Waals surface area (Å²) >= 11 is 0. The van der Waals surface area contributed by atoms with Crippen molar-refractivity contribution in [1.29, 1.82) is 0 Å². The standard InChI is InChI=1S/C20H27NO/c1-12-4-18(5-13(2)19(12)21-14(3)22)20-9-15-6-16(10-20)8-17(7-15)11-20/h4-5,15-17H,6-11H2,1-3H3,(H,21,22). The molecule has 0 saturated heterocycles. The molecule has 4 fully saturated rings. The fraction of sp³-hybridized carbons (Fsp3) is 0.650. The van der Waals surface area contributed by atoms with E-state index in [9.17, 15) is 4.79 Å². The predicted octanol–water partition coefficient (Wildman–Crippen LogP) is 4.73. The molecule has 4 aliphatic carbocycles. The molecule has 2 heteroatoms. The van der Waals surface area contributed by atoms with Gasteiger partial charge in [-0.1, -0.05) is 12.1 Å². The highest BCUT2D eigenvalue weighted by Crippen LogP contribution is 2.60. The van der Waals surface area contributed by atoms with E-state index in [0.29, 0.717) is 5.41 Å². The average molecular weight is 297 g/mol. The van der Waals surface area contributed by atoms with Crippen molar-refractivity contribution in [1.82, 2.24) is 0 Å². The van der Waals surface area contributed by atoms with Crippen LogP contribution in [0, 0.1) is 31.6 Å². The van der Waals surface area contributed by atoms with Gasteiger partial charge in [0.2, 0.25) is 5.91 Å². The highest BCUT2D eigenvalue weighted by molar-refractivity contribution is 5.90. The molecule has 4 aliphatic rings. The number of hydrogen-bond donors (Lipinski definition) is 1. The molecule has 2 nitrogen and oxygen atoms in total. The third kappa shape index (κ3) is 2.19. The van der Waals surface area contributed by atoms with Crippen LogP contribution in [0.3, 0.4) is 0 Å². The smallest absolute Gasteiger partial charge is 0.221 e. The van der Waals surface area contributed by atoms with Crippen molar-refractivity contribution >= 4 is 11.6 Å². The van der Waals surface area contributed by atoms with Gasteiger partial charge in [0.15, 0.2) is 0 Å². The van der Waals surface area contributed by atoms with Crippen LogP contribution in [0.5, 0.6) is 0 Å². The normalized spacial score (nSPS) is 35.7. The first-order valence-electron chi connectivity index (χ1n) is 8.84. The van der Waals surface area contributed by atoms with E-state index >= 15 is 0 Å². The number of hydrogen-bond acceptors (Lipinski definition) is 1. The number of anilines is 1. The minimum Gasteiger partial charge on any atom is -0.326 e. The number of benzene rings is 1. The van der Waals surface area contributed by atoms with E-state index in [4.69, 9.17) is 0 Å². The lowest BCUT2D eigenvalue weighted by molar-refractivity contribution is -0.114. The molecule has 0 spiro atoms. The zero-order chi connectivity index (χ0) is 15.5. The van der Waals surface area contributed by atoms with Gasteiger partial charge in [-0.05, 0) is 92.2 Å². The van der Waals surface area contributed by atoms with Gasteiger partial charge in [0.05, 0.1) is 0 Å². The first kappa shape index (κ1) is 14.3. The molecule has 1 amide bonds. The molecule has 4 saturated carbocycles. The number of amides is 1. The van der Waals surface area contributed by atoms with Crippen molar-refractivity contribution in [2.75, 3.05) is 5.32 Å². The van der Waals surface area contributed by atoms with Gasteiger partial charge in [-0.25, -0.2) is 0 Å². The van der Waals surface area contributed by atoms with Gasteiger partial charge in [-0.3, -0.25) is 4.79 Å². The molecule has 1 N–H and O–H groups in total. The van der Waals surface area contributed by atoms with Crippen LogP contribution in [0.15, 0.2) is 12.1 Å². The lowest BCUT2D eigenvalue weighted by Gasteiger charge is -2.57. The minimum atomic E-state index is 0.0220. The van der Waals surface area contributed by atoms with Crippen LogP contribution in [0.4, 0.5) is 5.69 Å². The van der Waals surface area contributed by atoms with Crippen molar-refractivity contribution in [3.63, 3.8) is 0 Å².